The van der Waals surface area contributed by atoms with E-state index in [1.165, 1.54) is 6.07 Å². The minimum Gasteiger partial charge on any atom is -0.328 e. The number of hydrogen-bond acceptors (Lipinski definition) is 1. The molecule has 0 atom stereocenters. The van der Waals surface area contributed by atoms with Gasteiger partial charge in [0, 0.05) is 12.1 Å². The molecule has 0 fully saturated rings. The molecule has 0 heterocycles. The fourth-order valence-electron chi connectivity index (χ4n) is 1.54. The van der Waals surface area contributed by atoms with Crippen molar-refractivity contribution in [1.29, 1.82) is 0 Å². The molecular weight excluding hydrogens is 217 g/mol. The van der Waals surface area contributed by atoms with Gasteiger partial charge in [-0.3, -0.25) is 4.79 Å². The second kappa shape index (κ2) is 6.05. The molecule has 0 aliphatic rings. The van der Waals surface area contributed by atoms with Crippen molar-refractivity contribution in [2.75, 3.05) is 13.1 Å². The van der Waals surface area contributed by atoms with Crippen molar-refractivity contribution in [3.8, 4) is 12.3 Å². The van der Waals surface area contributed by atoms with Crippen molar-refractivity contribution >= 4 is 5.91 Å². The maximum atomic E-state index is 13.4. The Morgan fingerprint density at radius 1 is 1.53 bits per heavy atom. The molecule has 0 aromatic heterocycles. The van der Waals surface area contributed by atoms with E-state index >= 15 is 0 Å². The average Bonchev–Trinajstić information content (AvgIpc) is 2.31. The van der Waals surface area contributed by atoms with Crippen LogP contribution in [0, 0.1) is 25.1 Å². The lowest BCUT2D eigenvalue weighted by molar-refractivity contribution is 0.0776. The molecule has 3 heteroatoms. The van der Waals surface area contributed by atoms with E-state index in [4.69, 9.17) is 6.42 Å². The first-order valence-corrected chi connectivity index (χ1v) is 5.59. The molecule has 0 bridgehead atoms. The van der Waals surface area contributed by atoms with Crippen LogP contribution in [0.1, 0.15) is 29.3 Å². The van der Waals surface area contributed by atoms with Crippen LogP contribution in [-0.2, 0) is 0 Å². The van der Waals surface area contributed by atoms with Crippen LogP contribution in [0.25, 0.3) is 0 Å². The third kappa shape index (κ3) is 3.32. The van der Waals surface area contributed by atoms with Gasteiger partial charge in [0.15, 0.2) is 0 Å². The predicted octanol–water partition coefficient (Wildman–Crippen LogP) is 2.62. The molecule has 1 aromatic carbocycles. The lowest BCUT2D eigenvalue weighted by Gasteiger charge is -2.19. The van der Waals surface area contributed by atoms with Gasteiger partial charge in [0.2, 0.25) is 0 Å². The first-order chi connectivity index (χ1) is 8.10. The van der Waals surface area contributed by atoms with Crippen molar-refractivity contribution in [3.05, 3.63) is 35.1 Å². The SMILES string of the molecule is C#CCN(CCC)C(=O)c1ccc(C)c(F)c1. The molecule has 0 radical (unpaired) electrons. The van der Waals surface area contributed by atoms with Crippen LogP contribution in [0.3, 0.4) is 0 Å². The van der Waals surface area contributed by atoms with Gasteiger partial charge in [-0.2, -0.15) is 0 Å². The van der Waals surface area contributed by atoms with E-state index in [0.717, 1.165) is 6.42 Å². The zero-order valence-corrected chi connectivity index (χ0v) is 10.2. The topological polar surface area (TPSA) is 20.3 Å². The molecule has 1 aromatic rings. The molecule has 0 aliphatic carbocycles. The van der Waals surface area contributed by atoms with E-state index in [0.29, 0.717) is 17.7 Å². The van der Waals surface area contributed by atoms with Crippen molar-refractivity contribution in [1.82, 2.24) is 4.90 Å². The van der Waals surface area contributed by atoms with Crippen LogP contribution in [0.5, 0.6) is 0 Å². The molecule has 0 saturated heterocycles. The van der Waals surface area contributed by atoms with E-state index in [1.54, 1.807) is 24.0 Å². The second-order valence-electron chi connectivity index (χ2n) is 3.89. The third-order valence-electron chi connectivity index (χ3n) is 2.48. The summed E-state index contributed by atoms with van der Waals surface area (Å²) in [5.41, 5.74) is 0.873. The predicted molar refractivity (Wildman–Crippen MR) is 66.2 cm³/mol. The Bertz CT molecular complexity index is 448. The summed E-state index contributed by atoms with van der Waals surface area (Å²) in [4.78, 5) is 13.6. The number of halogens is 1. The Morgan fingerprint density at radius 3 is 2.76 bits per heavy atom. The van der Waals surface area contributed by atoms with E-state index in [1.807, 2.05) is 6.92 Å². The average molecular weight is 233 g/mol. The molecule has 1 rings (SSSR count). The van der Waals surface area contributed by atoms with E-state index in [-0.39, 0.29) is 18.3 Å². The van der Waals surface area contributed by atoms with E-state index in [2.05, 4.69) is 5.92 Å². The number of carbonyl (C=O) groups is 1. The molecule has 0 saturated carbocycles. The van der Waals surface area contributed by atoms with Gasteiger partial charge in [0.05, 0.1) is 6.54 Å². The highest BCUT2D eigenvalue weighted by Gasteiger charge is 2.14. The minimum absolute atomic E-state index is 0.219. The number of hydrogen-bond donors (Lipinski definition) is 0. The Balaban J connectivity index is 2.93. The molecule has 0 spiro atoms. The van der Waals surface area contributed by atoms with Crippen LogP contribution in [0.2, 0.25) is 0 Å². The Labute approximate surface area is 101 Å². The number of benzene rings is 1. The van der Waals surface area contributed by atoms with E-state index < -0.39 is 0 Å². The second-order valence-corrected chi connectivity index (χ2v) is 3.89. The highest BCUT2D eigenvalue weighted by Crippen LogP contribution is 2.11. The van der Waals surface area contributed by atoms with Crippen LogP contribution >= 0.6 is 0 Å². The largest absolute Gasteiger partial charge is 0.328 e. The summed E-state index contributed by atoms with van der Waals surface area (Å²) in [5, 5.41) is 0. The Morgan fingerprint density at radius 2 is 2.24 bits per heavy atom. The number of terminal acetylenes is 1. The van der Waals surface area contributed by atoms with Crippen molar-refractivity contribution in [2.24, 2.45) is 0 Å². The number of aryl methyl sites for hydroxylation is 1. The molecule has 0 unspecified atom stereocenters. The van der Waals surface area contributed by atoms with Gasteiger partial charge in [0.1, 0.15) is 5.82 Å². The number of carbonyl (C=O) groups excluding carboxylic acids is 1. The van der Waals surface area contributed by atoms with Gasteiger partial charge in [-0.25, -0.2) is 4.39 Å². The Kier molecular flexibility index (Phi) is 4.71. The fraction of sp³-hybridized carbons (Fsp3) is 0.357. The Hall–Kier alpha value is -1.82. The number of nitrogens with zero attached hydrogens (tertiary/aromatic N) is 1. The van der Waals surface area contributed by atoms with Gasteiger partial charge in [0.25, 0.3) is 5.91 Å². The first-order valence-electron chi connectivity index (χ1n) is 5.59. The lowest BCUT2D eigenvalue weighted by atomic mass is 10.1. The van der Waals surface area contributed by atoms with Gasteiger partial charge < -0.3 is 4.90 Å². The summed E-state index contributed by atoms with van der Waals surface area (Å²) in [6.45, 7) is 4.46. The summed E-state index contributed by atoms with van der Waals surface area (Å²) in [6.07, 6.45) is 6.03. The molecule has 0 aliphatic heterocycles. The minimum atomic E-state index is -0.368. The fourth-order valence-corrected chi connectivity index (χ4v) is 1.54. The zero-order chi connectivity index (χ0) is 12.8. The lowest BCUT2D eigenvalue weighted by Crippen LogP contribution is -2.32. The molecule has 1 amide bonds. The van der Waals surface area contributed by atoms with Crippen molar-refractivity contribution < 1.29 is 9.18 Å². The van der Waals surface area contributed by atoms with Crippen molar-refractivity contribution in [2.45, 2.75) is 20.3 Å². The van der Waals surface area contributed by atoms with Gasteiger partial charge in [-0.1, -0.05) is 18.9 Å². The van der Waals surface area contributed by atoms with Gasteiger partial charge in [-0.05, 0) is 31.0 Å². The zero-order valence-electron chi connectivity index (χ0n) is 10.2. The normalized spacial score (nSPS) is 9.76. The van der Waals surface area contributed by atoms with Crippen molar-refractivity contribution in [3.63, 3.8) is 0 Å². The summed E-state index contributed by atoms with van der Waals surface area (Å²) in [5.74, 6) is 1.85. The highest BCUT2D eigenvalue weighted by atomic mass is 19.1. The number of amides is 1. The maximum Gasteiger partial charge on any atom is 0.254 e. The van der Waals surface area contributed by atoms with Crippen LogP contribution in [-0.4, -0.2) is 23.9 Å². The van der Waals surface area contributed by atoms with E-state index in [9.17, 15) is 9.18 Å². The van der Waals surface area contributed by atoms with Crippen LogP contribution in [0.15, 0.2) is 18.2 Å². The molecule has 17 heavy (non-hydrogen) atoms. The van der Waals surface area contributed by atoms with Crippen LogP contribution in [0.4, 0.5) is 4.39 Å². The molecular formula is C14H16FNO. The van der Waals surface area contributed by atoms with Gasteiger partial charge >= 0.3 is 0 Å². The monoisotopic (exact) mass is 233 g/mol. The summed E-state index contributed by atoms with van der Waals surface area (Å²) in [7, 11) is 0. The number of rotatable bonds is 4. The molecule has 90 valence electrons. The molecule has 2 nitrogen and oxygen atoms in total. The summed E-state index contributed by atoms with van der Waals surface area (Å²) in [6, 6.07) is 4.49. The smallest absolute Gasteiger partial charge is 0.254 e. The quantitative estimate of drug-likeness (QED) is 0.732. The van der Waals surface area contributed by atoms with Gasteiger partial charge in [-0.15, -0.1) is 6.42 Å². The van der Waals surface area contributed by atoms with Crippen LogP contribution < -0.4 is 0 Å². The summed E-state index contributed by atoms with van der Waals surface area (Å²) < 4.78 is 13.4. The maximum absolute atomic E-state index is 13.4. The highest BCUT2D eigenvalue weighted by molar-refractivity contribution is 5.94. The molecule has 0 N–H and O–H groups in total. The first kappa shape index (κ1) is 13.2. The summed E-state index contributed by atoms with van der Waals surface area (Å²) >= 11 is 0. The standard InChI is InChI=1S/C14H16FNO/c1-4-8-16(9-5-2)14(17)12-7-6-11(3)13(15)10-12/h1,6-7,10H,5,8-9H2,2-3H3. The third-order valence-corrected chi connectivity index (χ3v) is 2.48.